The molecule has 7 heteroatoms. The van der Waals surface area contributed by atoms with Crippen LogP contribution in [0.4, 0.5) is 4.39 Å². The molecule has 0 heterocycles. The molecule has 0 amide bonds. The van der Waals surface area contributed by atoms with E-state index in [1.807, 2.05) is 0 Å². The van der Waals surface area contributed by atoms with E-state index in [9.17, 15) is 12.8 Å². The van der Waals surface area contributed by atoms with Gasteiger partial charge in [-0.25, -0.2) is 12.8 Å². The van der Waals surface area contributed by atoms with Gasteiger partial charge in [-0.1, -0.05) is 0 Å². The van der Waals surface area contributed by atoms with Gasteiger partial charge in [0.25, 0.3) is 9.05 Å². The smallest absolute Gasteiger partial charge is 0.267 e. The molecule has 1 aromatic rings. The molecule has 0 aliphatic heterocycles. The molecule has 0 radical (unpaired) electrons. The standard InChI is InChI=1S/C7H6ClFO4S/c1-13-6-3-4(10)2-5(9)7(6)14(8,11)12/h2-3,10H,1H3. The maximum Gasteiger partial charge on any atom is 0.267 e. The number of ether oxygens (including phenoxy) is 1. The predicted octanol–water partition coefficient (Wildman–Crippen LogP) is 1.47. The van der Waals surface area contributed by atoms with Gasteiger partial charge in [-0.05, 0) is 0 Å². The number of hydrogen-bond donors (Lipinski definition) is 1. The van der Waals surface area contributed by atoms with Crippen LogP contribution in [-0.2, 0) is 9.05 Å². The molecule has 0 saturated heterocycles. The monoisotopic (exact) mass is 240 g/mol. The normalized spacial score (nSPS) is 11.4. The number of methoxy groups -OCH3 is 1. The van der Waals surface area contributed by atoms with Gasteiger partial charge in [-0.3, -0.25) is 0 Å². The molecular weight excluding hydrogens is 235 g/mol. The van der Waals surface area contributed by atoms with Crippen LogP contribution in [-0.4, -0.2) is 20.6 Å². The van der Waals surface area contributed by atoms with Gasteiger partial charge in [-0.15, -0.1) is 0 Å². The van der Waals surface area contributed by atoms with E-state index in [2.05, 4.69) is 4.74 Å². The molecule has 1 N–H and O–H groups in total. The van der Waals surface area contributed by atoms with Gasteiger partial charge in [0.15, 0.2) is 10.7 Å². The summed E-state index contributed by atoms with van der Waals surface area (Å²) < 4.78 is 39.5. The third-order valence-electron chi connectivity index (χ3n) is 1.46. The van der Waals surface area contributed by atoms with Gasteiger partial charge in [0.2, 0.25) is 0 Å². The lowest BCUT2D eigenvalue weighted by atomic mass is 10.3. The molecule has 4 nitrogen and oxygen atoms in total. The Morgan fingerprint density at radius 3 is 2.50 bits per heavy atom. The van der Waals surface area contributed by atoms with Crippen LogP contribution in [0.2, 0.25) is 0 Å². The van der Waals surface area contributed by atoms with Crippen molar-refractivity contribution in [2.24, 2.45) is 0 Å². The molecule has 0 aliphatic rings. The average molecular weight is 241 g/mol. The van der Waals surface area contributed by atoms with E-state index < -0.39 is 25.5 Å². The first-order valence-corrected chi connectivity index (χ1v) is 5.68. The van der Waals surface area contributed by atoms with E-state index in [4.69, 9.17) is 15.8 Å². The predicted molar refractivity (Wildman–Crippen MR) is 47.7 cm³/mol. The van der Waals surface area contributed by atoms with Gasteiger partial charge in [-0.2, -0.15) is 0 Å². The van der Waals surface area contributed by atoms with Crippen molar-refractivity contribution >= 4 is 19.7 Å². The lowest BCUT2D eigenvalue weighted by Gasteiger charge is -2.06. The summed E-state index contributed by atoms with van der Waals surface area (Å²) in [5, 5.41) is 8.96. The summed E-state index contributed by atoms with van der Waals surface area (Å²) in [6.45, 7) is 0. The van der Waals surface area contributed by atoms with Crippen molar-refractivity contribution in [1.82, 2.24) is 0 Å². The summed E-state index contributed by atoms with van der Waals surface area (Å²) >= 11 is 0. The average Bonchev–Trinajstić information content (AvgIpc) is 1.99. The van der Waals surface area contributed by atoms with Crippen molar-refractivity contribution in [3.8, 4) is 11.5 Å². The van der Waals surface area contributed by atoms with Gasteiger partial charge >= 0.3 is 0 Å². The Hall–Kier alpha value is -1.01. The van der Waals surface area contributed by atoms with Crippen molar-refractivity contribution in [2.75, 3.05) is 7.11 Å². The van der Waals surface area contributed by atoms with E-state index in [1.54, 1.807) is 0 Å². The van der Waals surface area contributed by atoms with Gasteiger partial charge in [0, 0.05) is 22.8 Å². The highest BCUT2D eigenvalue weighted by molar-refractivity contribution is 8.13. The number of benzene rings is 1. The second kappa shape index (κ2) is 3.62. The quantitative estimate of drug-likeness (QED) is 0.795. The summed E-state index contributed by atoms with van der Waals surface area (Å²) in [5.41, 5.74) is 0. The highest BCUT2D eigenvalue weighted by Gasteiger charge is 2.23. The summed E-state index contributed by atoms with van der Waals surface area (Å²) in [5.74, 6) is -1.93. The van der Waals surface area contributed by atoms with Crippen molar-refractivity contribution in [3.05, 3.63) is 17.9 Å². The minimum Gasteiger partial charge on any atom is -0.508 e. The minimum absolute atomic E-state index is 0.336. The number of rotatable bonds is 2. The van der Waals surface area contributed by atoms with Crippen LogP contribution in [0.5, 0.6) is 11.5 Å². The largest absolute Gasteiger partial charge is 0.508 e. The molecule has 0 bridgehead atoms. The van der Waals surface area contributed by atoms with Crippen LogP contribution in [0.3, 0.4) is 0 Å². The molecule has 14 heavy (non-hydrogen) atoms. The van der Waals surface area contributed by atoms with E-state index in [-0.39, 0.29) is 5.75 Å². The van der Waals surface area contributed by atoms with Gasteiger partial charge < -0.3 is 9.84 Å². The second-order valence-corrected chi connectivity index (χ2v) is 4.90. The number of phenols is 1. The lowest BCUT2D eigenvalue weighted by Crippen LogP contribution is -1.99. The second-order valence-electron chi connectivity index (χ2n) is 2.40. The number of hydrogen-bond acceptors (Lipinski definition) is 4. The molecule has 0 atom stereocenters. The Kier molecular flexibility index (Phi) is 2.86. The molecule has 0 aromatic heterocycles. The molecule has 0 unspecified atom stereocenters. The van der Waals surface area contributed by atoms with Crippen LogP contribution >= 0.6 is 10.7 Å². The summed E-state index contributed by atoms with van der Waals surface area (Å²) in [6.07, 6.45) is 0. The fourth-order valence-corrected chi connectivity index (χ4v) is 2.07. The number of aromatic hydroxyl groups is 1. The van der Waals surface area contributed by atoms with Crippen molar-refractivity contribution < 1.29 is 22.7 Å². The van der Waals surface area contributed by atoms with Crippen molar-refractivity contribution in [2.45, 2.75) is 4.90 Å². The summed E-state index contributed by atoms with van der Waals surface area (Å²) in [7, 11) is 1.88. The third kappa shape index (κ3) is 2.08. The summed E-state index contributed by atoms with van der Waals surface area (Å²) in [4.78, 5) is -0.778. The molecule has 1 rings (SSSR count). The minimum atomic E-state index is -4.23. The molecule has 78 valence electrons. The Morgan fingerprint density at radius 1 is 1.50 bits per heavy atom. The number of phenolic OH excluding ortho intramolecular Hbond substituents is 1. The Balaban J connectivity index is 3.57. The van der Waals surface area contributed by atoms with Crippen LogP contribution in [0, 0.1) is 5.82 Å². The van der Waals surface area contributed by atoms with Gasteiger partial charge in [0.1, 0.15) is 11.5 Å². The van der Waals surface area contributed by atoms with E-state index in [0.717, 1.165) is 13.2 Å². The lowest BCUT2D eigenvalue weighted by molar-refractivity contribution is 0.386. The molecule has 0 aliphatic carbocycles. The maximum atomic E-state index is 13.1. The van der Waals surface area contributed by atoms with Gasteiger partial charge in [0.05, 0.1) is 7.11 Å². The molecular formula is C7H6ClFO4S. The fraction of sp³-hybridized carbons (Fsp3) is 0.143. The Morgan fingerprint density at radius 2 is 2.07 bits per heavy atom. The zero-order valence-electron chi connectivity index (χ0n) is 6.99. The van der Waals surface area contributed by atoms with E-state index >= 15 is 0 Å². The van der Waals surface area contributed by atoms with Crippen LogP contribution in [0.15, 0.2) is 17.0 Å². The van der Waals surface area contributed by atoms with Crippen LogP contribution < -0.4 is 4.74 Å². The van der Waals surface area contributed by atoms with Crippen molar-refractivity contribution in [3.63, 3.8) is 0 Å². The van der Waals surface area contributed by atoms with E-state index in [1.165, 1.54) is 0 Å². The third-order valence-corrected chi connectivity index (χ3v) is 2.80. The van der Waals surface area contributed by atoms with Crippen LogP contribution in [0.25, 0.3) is 0 Å². The maximum absolute atomic E-state index is 13.1. The fourth-order valence-electron chi connectivity index (χ4n) is 0.943. The van der Waals surface area contributed by atoms with E-state index in [0.29, 0.717) is 6.07 Å². The first-order valence-electron chi connectivity index (χ1n) is 3.37. The first-order chi connectivity index (χ1) is 6.36. The zero-order chi connectivity index (χ0) is 10.9. The molecule has 0 fully saturated rings. The number of halogens is 2. The summed E-state index contributed by atoms with van der Waals surface area (Å²) in [6, 6.07) is 1.59. The SMILES string of the molecule is COc1cc(O)cc(F)c1S(=O)(=O)Cl. The highest BCUT2D eigenvalue weighted by Crippen LogP contribution is 2.32. The van der Waals surface area contributed by atoms with Crippen LogP contribution in [0.1, 0.15) is 0 Å². The molecule has 1 aromatic carbocycles. The highest BCUT2D eigenvalue weighted by atomic mass is 35.7. The topological polar surface area (TPSA) is 63.6 Å². The zero-order valence-corrected chi connectivity index (χ0v) is 8.56. The Labute approximate surface area is 84.3 Å². The molecule has 0 saturated carbocycles. The first kappa shape index (κ1) is 11.1. The van der Waals surface area contributed by atoms with Crippen molar-refractivity contribution in [1.29, 1.82) is 0 Å². The molecule has 0 spiro atoms. The Bertz CT molecular complexity index is 457.